The van der Waals surface area contributed by atoms with Crippen molar-refractivity contribution in [3.8, 4) is 0 Å². The number of hydrogen-bond donors (Lipinski definition) is 5. The molecule has 0 unspecified atom stereocenters. The number of imidazole rings is 1. The topological polar surface area (TPSA) is 138 Å². The first kappa shape index (κ1) is 24.9. The summed E-state index contributed by atoms with van der Waals surface area (Å²) in [6.07, 6.45) is 6.74. The minimum atomic E-state index is -0.850. The lowest BCUT2D eigenvalue weighted by Crippen LogP contribution is -2.38. The number of aryl methyl sites for hydroxylation is 1. The Bertz CT molecular complexity index is 1380. The van der Waals surface area contributed by atoms with Crippen LogP contribution in [0.1, 0.15) is 37.5 Å². The van der Waals surface area contributed by atoms with Crippen LogP contribution in [0.15, 0.2) is 30.7 Å². The summed E-state index contributed by atoms with van der Waals surface area (Å²) in [4.78, 5) is 16.4. The third-order valence-corrected chi connectivity index (χ3v) is 8.93. The lowest BCUT2D eigenvalue weighted by Gasteiger charge is -2.36. The smallest absolute Gasteiger partial charge is 0.145 e. The van der Waals surface area contributed by atoms with Crippen LogP contribution in [-0.4, -0.2) is 60.0 Å². The van der Waals surface area contributed by atoms with E-state index in [0.29, 0.717) is 46.3 Å². The van der Waals surface area contributed by atoms with Crippen molar-refractivity contribution in [1.29, 1.82) is 0 Å². The van der Waals surface area contributed by atoms with Gasteiger partial charge in [-0.05, 0) is 62.3 Å². The van der Waals surface area contributed by atoms with Gasteiger partial charge in [0.1, 0.15) is 29.7 Å². The molecule has 6 N–H and O–H groups in total. The standard InChI is InChI=1S/C26H31Cl2N7O2/c27-17-8-19-20(9-18(17)28)34-22(33-19)2-1-13-5-14(6-13)10-30-11-15-7-21(24(37)23(15)36)35-4-3-16-25(29)31-12-32-26(16)35/h3-4,8-9,12-15,21,23-24,30,36-37H,1-2,5-7,10-11H2,(H,33,34)(H2,29,31,32)/t13?,14?,15-,21-,23-,24+/m1/s1. The van der Waals surface area contributed by atoms with E-state index in [2.05, 4.69) is 25.3 Å². The van der Waals surface area contributed by atoms with Crippen LogP contribution in [0, 0.1) is 17.8 Å². The summed E-state index contributed by atoms with van der Waals surface area (Å²) in [7, 11) is 0. The Morgan fingerprint density at radius 3 is 2.70 bits per heavy atom. The van der Waals surface area contributed by atoms with Crippen LogP contribution >= 0.6 is 23.2 Å². The Hall–Kier alpha value is -2.43. The fourth-order valence-corrected chi connectivity index (χ4v) is 6.42. The maximum atomic E-state index is 10.8. The van der Waals surface area contributed by atoms with Crippen LogP contribution in [0.3, 0.4) is 0 Å². The number of aromatic nitrogens is 5. The average Bonchev–Trinajstić information content (AvgIpc) is 3.52. The van der Waals surface area contributed by atoms with E-state index in [1.165, 1.54) is 19.2 Å². The third-order valence-electron chi connectivity index (χ3n) is 8.20. The largest absolute Gasteiger partial charge is 0.390 e. The molecular formula is C26H31Cl2N7O2. The first-order valence-corrected chi connectivity index (χ1v) is 13.6. The molecule has 2 aliphatic rings. The SMILES string of the molecule is Nc1ncnc2c1ccn2[C@@H]1C[C@H](CNCC2CC(CCc3nc4cc(Cl)c(Cl)cc4[nH]3)C2)[C@@H](O)[C@H]1O. The number of benzene rings is 1. The van der Waals surface area contributed by atoms with Gasteiger partial charge in [0.25, 0.3) is 0 Å². The molecule has 3 aromatic heterocycles. The monoisotopic (exact) mass is 543 g/mol. The fourth-order valence-electron chi connectivity index (χ4n) is 6.10. The van der Waals surface area contributed by atoms with Gasteiger partial charge >= 0.3 is 0 Å². The zero-order valence-electron chi connectivity index (χ0n) is 20.3. The molecule has 9 nitrogen and oxygen atoms in total. The molecule has 0 aliphatic heterocycles. The van der Waals surface area contributed by atoms with Crippen molar-refractivity contribution in [2.75, 3.05) is 18.8 Å². The van der Waals surface area contributed by atoms with Crippen LogP contribution in [0.25, 0.3) is 22.1 Å². The molecule has 0 spiro atoms. The Labute approximate surface area is 224 Å². The van der Waals surface area contributed by atoms with Crippen molar-refractivity contribution in [3.05, 3.63) is 46.6 Å². The molecular weight excluding hydrogens is 513 g/mol. The lowest BCUT2D eigenvalue weighted by atomic mass is 9.72. The number of nitrogens with one attached hydrogen (secondary N) is 2. The highest BCUT2D eigenvalue weighted by Gasteiger charge is 2.42. The minimum absolute atomic E-state index is 0.0254. The van der Waals surface area contributed by atoms with Crippen molar-refractivity contribution in [2.24, 2.45) is 17.8 Å². The van der Waals surface area contributed by atoms with Gasteiger partial charge in [-0.2, -0.15) is 0 Å². The molecule has 6 rings (SSSR count). The van der Waals surface area contributed by atoms with Crippen LogP contribution < -0.4 is 11.1 Å². The van der Waals surface area contributed by atoms with Gasteiger partial charge in [-0.1, -0.05) is 23.2 Å². The highest BCUT2D eigenvalue weighted by atomic mass is 35.5. The summed E-state index contributed by atoms with van der Waals surface area (Å²) in [5.41, 5.74) is 8.41. The zero-order valence-corrected chi connectivity index (χ0v) is 21.8. The van der Waals surface area contributed by atoms with Crippen molar-refractivity contribution in [3.63, 3.8) is 0 Å². The number of fused-ring (bicyclic) bond motifs is 2. The normalized spacial score (nSPS) is 27.8. The third kappa shape index (κ3) is 4.79. The number of anilines is 1. The number of nitrogens with two attached hydrogens (primary N) is 1. The molecule has 0 amide bonds. The molecule has 0 radical (unpaired) electrons. The summed E-state index contributed by atoms with van der Waals surface area (Å²) in [5, 5.41) is 26.8. The molecule has 2 aliphatic carbocycles. The van der Waals surface area contributed by atoms with E-state index in [4.69, 9.17) is 28.9 Å². The number of nitrogen functional groups attached to an aromatic ring is 1. The van der Waals surface area contributed by atoms with Gasteiger partial charge in [-0.15, -0.1) is 0 Å². The average molecular weight is 544 g/mol. The summed E-state index contributed by atoms with van der Waals surface area (Å²) in [6, 6.07) is 5.25. The van der Waals surface area contributed by atoms with Crippen LogP contribution in [0.5, 0.6) is 0 Å². The van der Waals surface area contributed by atoms with E-state index in [1.54, 1.807) is 6.07 Å². The summed E-state index contributed by atoms with van der Waals surface area (Å²) < 4.78 is 1.92. The minimum Gasteiger partial charge on any atom is -0.390 e. The number of aliphatic hydroxyl groups is 2. The van der Waals surface area contributed by atoms with Gasteiger partial charge in [0.2, 0.25) is 0 Å². The van der Waals surface area contributed by atoms with E-state index < -0.39 is 12.2 Å². The van der Waals surface area contributed by atoms with E-state index in [0.717, 1.165) is 41.6 Å². The molecule has 0 bridgehead atoms. The van der Waals surface area contributed by atoms with Gasteiger partial charge < -0.3 is 30.8 Å². The van der Waals surface area contributed by atoms with E-state index in [-0.39, 0.29) is 12.0 Å². The number of halogens is 2. The molecule has 4 atom stereocenters. The molecule has 2 fully saturated rings. The summed E-state index contributed by atoms with van der Waals surface area (Å²) in [5.74, 6) is 2.71. The van der Waals surface area contributed by atoms with Gasteiger partial charge in [0.15, 0.2) is 0 Å². The maximum absolute atomic E-state index is 10.8. The Balaban J connectivity index is 0.954. The Morgan fingerprint density at radius 1 is 1.05 bits per heavy atom. The number of aromatic amines is 1. The van der Waals surface area contributed by atoms with E-state index in [9.17, 15) is 10.2 Å². The van der Waals surface area contributed by atoms with E-state index in [1.807, 2.05) is 22.9 Å². The second-order valence-corrected chi connectivity index (χ2v) is 11.4. The molecule has 37 heavy (non-hydrogen) atoms. The number of nitrogens with zero attached hydrogens (tertiary/aromatic N) is 4. The number of hydrogen-bond acceptors (Lipinski definition) is 7. The summed E-state index contributed by atoms with van der Waals surface area (Å²) in [6.45, 7) is 1.61. The Morgan fingerprint density at radius 2 is 1.86 bits per heavy atom. The van der Waals surface area contributed by atoms with Gasteiger partial charge in [-0.3, -0.25) is 0 Å². The van der Waals surface area contributed by atoms with Gasteiger partial charge in [0, 0.05) is 25.1 Å². The van der Waals surface area contributed by atoms with Crippen molar-refractivity contribution < 1.29 is 10.2 Å². The van der Waals surface area contributed by atoms with Crippen molar-refractivity contribution in [1.82, 2.24) is 29.8 Å². The van der Waals surface area contributed by atoms with Crippen molar-refractivity contribution >= 4 is 51.1 Å². The van der Waals surface area contributed by atoms with Crippen molar-refractivity contribution in [2.45, 2.75) is 50.4 Å². The number of aliphatic hydroxyl groups excluding tert-OH is 2. The highest BCUT2D eigenvalue weighted by molar-refractivity contribution is 6.42. The Kier molecular flexibility index (Phi) is 6.75. The predicted octanol–water partition coefficient (Wildman–Crippen LogP) is 3.73. The second kappa shape index (κ2) is 10.0. The molecule has 3 heterocycles. The van der Waals surface area contributed by atoms with Crippen LogP contribution in [-0.2, 0) is 6.42 Å². The van der Waals surface area contributed by atoms with Crippen LogP contribution in [0.4, 0.5) is 5.82 Å². The van der Waals surface area contributed by atoms with E-state index >= 15 is 0 Å². The molecule has 4 aromatic rings. The molecule has 2 saturated carbocycles. The maximum Gasteiger partial charge on any atom is 0.145 e. The summed E-state index contributed by atoms with van der Waals surface area (Å²) >= 11 is 12.2. The molecule has 1 aromatic carbocycles. The molecule has 196 valence electrons. The second-order valence-electron chi connectivity index (χ2n) is 10.6. The number of rotatable bonds is 8. The number of H-pyrrole nitrogens is 1. The highest BCUT2D eigenvalue weighted by Crippen LogP contribution is 2.39. The zero-order chi connectivity index (χ0) is 25.7. The van der Waals surface area contributed by atoms with Gasteiger partial charge in [0.05, 0.1) is 38.6 Å². The van der Waals surface area contributed by atoms with Gasteiger partial charge in [-0.25, -0.2) is 15.0 Å². The lowest BCUT2D eigenvalue weighted by molar-refractivity contribution is 0.00653. The van der Waals surface area contributed by atoms with Crippen LogP contribution in [0.2, 0.25) is 10.0 Å². The molecule has 0 saturated heterocycles. The first-order valence-electron chi connectivity index (χ1n) is 12.8. The quantitative estimate of drug-likeness (QED) is 0.228. The first-order chi connectivity index (χ1) is 17.9. The fraction of sp³-hybridized carbons (Fsp3) is 0.500. The predicted molar refractivity (Wildman–Crippen MR) is 145 cm³/mol. The molecule has 11 heteroatoms.